The Balaban J connectivity index is 0.000000516. The summed E-state index contributed by atoms with van der Waals surface area (Å²) in [6.07, 6.45) is 0. The van der Waals surface area contributed by atoms with Gasteiger partial charge in [-0.25, -0.2) is 0 Å². The summed E-state index contributed by atoms with van der Waals surface area (Å²) >= 11 is 0. The van der Waals surface area contributed by atoms with Crippen LogP contribution in [-0.2, 0) is 62.2 Å². The molecule has 0 amide bonds. The molecule has 0 bridgehead atoms. The first-order chi connectivity index (χ1) is 18.4. The Morgan fingerprint density at radius 1 is 0.293 bits per heavy atom. The molecule has 0 aromatic heterocycles. The second-order valence-electron chi connectivity index (χ2n) is 7.15. The van der Waals surface area contributed by atoms with Crippen molar-refractivity contribution in [2.24, 2.45) is 0 Å². The van der Waals surface area contributed by atoms with Gasteiger partial charge >= 0.3 is 0 Å². The molecule has 0 heterocycles. The standard InChI is InChI=1S/4C6H6O3S.Ti/c4*7-10(8,9)6-4-2-1-3-5-6;/h4*1-5H,(H,7,8,9);. The zero-order chi connectivity index (χ0) is 30.5. The van der Waals surface area contributed by atoms with Gasteiger partial charge in [0.2, 0.25) is 0 Å². The van der Waals surface area contributed by atoms with Crippen molar-refractivity contribution in [2.45, 2.75) is 19.6 Å². The van der Waals surface area contributed by atoms with Crippen LogP contribution in [0.15, 0.2) is 141 Å². The van der Waals surface area contributed by atoms with Gasteiger partial charge in [0.25, 0.3) is 40.5 Å². The van der Waals surface area contributed by atoms with Gasteiger partial charge in [0.15, 0.2) is 0 Å². The topological polar surface area (TPSA) is 217 Å². The molecular weight excluding hydrogens is 656 g/mol. The number of rotatable bonds is 4. The van der Waals surface area contributed by atoms with Crippen LogP contribution in [0.25, 0.3) is 0 Å². The molecule has 4 N–H and O–H groups in total. The van der Waals surface area contributed by atoms with Gasteiger partial charge in [-0.3, -0.25) is 18.2 Å². The molecule has 0 radical (unpaired) electrons. The molecule has 220 valence electrons. The van der Waals surface area contributed by atoms with Crippen molar-refractivity contribution in [1.29, 1.82) is 0 Å². The molecule has 0 saturated carbocycles. The second kappa shape index (κ2) is 17.3. The summed E-state index contributed by atoms with van der Waals surface area (Å²) in [5.74, 6) is 0. The van der Waals surface area contributed by atoms with Crippen LogP contribution in [0.3, 0.4) is 0 Å². The van der Waals surface area contributed by atoms with Crippen LogP contribution in [0.5, 0.6) is 0 Å². The SMILES string of the molecule is O=S(=O)(O)c1ccccc1.O=S(=O)(O)c1ccccc1.O=S(=O)(O)c1ccccc1.O=S(=O)(O)c1ccccc1.[Ti]. The molecule has 17 heteroatoms. The molecule has 4 aromatic rings. The Hall–Kier alpha value is -2.77. The summed E-state index contributed by atoms with van der Waals surface area (Å²) in [6.45, 7) is 0. The summed E-state index contributed by atoms with van der Waals surface area (Å²) in [7, 11) is -16.0. The minimum atomic E-state index is -4.00. The summed E-state index contributed by atoms with van der Waals surface area (Å²) in [5.41, 5.74) is 0. The summed E-state index contributed by atoms with van der Waals surface area (Å²) in [5, 5.41) is 0. The van der Waals surface area contributed by atoms with Gasteiger partial charge in [0.1, 0.15) is 0 Å². The van der Waals surface area contributed by atoms with Crippen molar-refractivity contribution in [1.82, 2.24) is 0 Å². The van der Waals surface area contributed by atoms with E-state index >= 15 is 0 Å². The first-order valence-electron chi connectivity index (χ1n) is 10.5. The minimum Gasteiger partial charge on any atom is -0.282 e. The maximum atomic E-state index is 10.4. The van der Waals surface area contributed by atoms with Gasteiger partial charge < -0.3 is 0 Å². The predicted octanol–water partition coefficient (Wildman–Crippen LogP) is 3.73. The monoisotopic (exact) mass is 680 g/mol. The van der Waals surface area contributed by atoms with Crippen molar-refractivity contribution in [3.63, 3.8) is 0 Å². The molecule has 0 fully saturated rings. The average Bonchev–Trinajstić information content (AvgIpc) is 2.90. The molecule has 0 aliphatic carbocycles. The predicted molar refractivity (Wildman–Crippen MR) is 145 cm³/mol. The molecule has 12 nitrogen and oxygen atoms in total. The molecule has 0 spiro atoms. The van der Waals surface area contributed by atoms with Crippen molar-refractivity contribution in [2.75, 3.05) is 0 Å². The molecular formula is C24H24O12S4Ti. The normalized spacial score (nSPS) is 11.0. The molecule has 0 saturated heterocycles. The largest absolute Gasteiger partial charge is 0.294 e. The maximum Gasteiger partial charge on any atom is 0.294 e. The fourth-order valence-corrected chi connectivity index (χ4v) is 4.37. The second-order valence-corrected chi connectivity index (χ2v) is 12.8. The average molecular weight is 681 g/mol. The fraction of sp³-hybridized carbons (Fsp3) is 0. The smallest absolute Gasteiger partial charge is 0.282 e. The van der Waals surface area contributed by atoms with Crippen molar-refractivity contribution in [3.8, 4) is 0 Å². The zero-order valence-electron chi connectivity index (χ0n) is 20.7. The Labute approximate surface area is 253 Å². The van der Waals surface area contributed by atoms with Crippen LogP contribution in [0.4, 0.5) is 0 Å². The van der Waals surface area contributed by atoms with Gasteiger partial charge in [-0.2, -0.15) is 33.7 Å². The van der Waals surface area contributed by atoms with E-state index in [1.807, 2.05) is 0 Å². The Kier molecular flexibility index (Phi) is 16.1. The summed E-state index contributed by atoms with van der Waals surface area (Å²) < 4.78 is 117. The van der Waals surface area contributed by atoms with E-state index in [9.17, 15) is 33.7 Å². The molecule has 4 aromatic carbocycles. The van der Waals surface area contributed by atoms with E-state index in [1.54, 1.807) is 72.8 Å². The molecule has 0 aliphatic rings. The quantitative estimate of drug-likeness (QED) is 0.179. The molecule has 0 unspecified atom stereocenters. The molecule has 4 rings (SSSR count). The van der Waals surface area contributed by atoms with E-state index in [2.05, 4.69) is 0 Å². The molecule has 41 heavy (non-hydrogen) atoms. The number of benzene rings is 4. The van der Waals surface area contributed by atoms with E-state index in [0.717, 1.165) is 0 Å². The third-order valence-electron chi connectivity index (χ3n) is 4.16. The minimum absolute atomic E-state index is 0. The number of hydrogen-bond donors (Lipinski definition) is 4. The van der Waals surface area contributed by atoms with Crippen LogP contribution in [0, 0.1) is 0 Å². The van der Waals surface area contributed by atoms with Gasteiger partial charge in [0.05, 0.1) is 19.6 Å². The van der Waals surface area contributed by atoms with Crippen LogP contribution >= 0.6 is 0 Å². The summed E-state index contributed by atoms with van der Waals surface area (Å²) in [6, 6.07) is 29.7. The maximum absolute atomic E-state index is 10.4. The summed E-state index contributed by atoms with van der Waals surface area (Å²) in [4.78, 5) is -0.296. The first kappa shape index (κ1) is 38.2. The van der Waals surface area contributed by atoms with Crippen molar-refractivity contribution in [3.05, 3.63) is 121 Å². The zero-order valence-corrected chi connectivity index (χ0v) is 25.6. The number of hydrogen-bond acceptors (Lipinski definition) is 8. The van der Waals surface area contributed by atoms with Gasteiger partial charge in [-0.05, 0) is 48.5 Å². The third-order valence-corrected chi connectivity index (χ3v) is 7.64. The van der Waals surface area contributed by atoms with Crippen LogP contribution < -0.4 is 0 Å². The van der Waals surface area contributed by atoms with E-state index in [4.69, 9.17) is 18.2 Å². The van der Waals surface area contributed by atoms with Gasteiger partial charge in [0, 0.05) is 21.7 Å². The Morgan fingerprint density at radius 2 is 0.415 bits per heavy atom. The fourth-order valence-electron chi connectivity index (χ4n) is 2.37. The first-order valence-corrected chi connectivity index (χ1v) is 16.3. The van der Waals surface area contributed by atoms with Crippen LogP contribution in [0.1, 0.15) is 0 Å². The Morgan fingerprint density at radius 3 is 0.488 bits per heavy atom. The third kappa shape index (κ3) is 16.3. The van der Waals surface area contributed by atoms with E-state index in [0.29, 0.717) is 0 Å². The van der Waals surface area contributed by atoms with Gasteiger partial charge in [-0.15, -0.1) is 0 Å². The van der Waals surface area contributed by atoms with Crippen LogP contribution in [-0.4, -0.2) is 51.9 Å². The van der Waals surface area contributed by atoms with Gasteiger partial charge in [-0.1, -0.05) is 72.8 Å². The van der Waals surface area contributed by atoms with E-state index < -0.39 is 40.5 Å². The van der Waals surface area contributed by atoms with E-state index in [-0.39, 0.29) is 41.3 Å². The molecule has 0 atom stereocenters. The Bertz CT molecular complexity index is 1480. The van der Waals surface area contributed by atoms with E-state index in [1.165, 1.54) is 48.5 Å². The van der Waals surface area contributed by atoms with Crippen molar-refractivity contribution >= 4 is 40.5 Å². The molecule has 0 aliphatic heterocycles. The van der Waals surface area contributed by atoms with Crippen LogP contribution in [0.2, 0.25) is 0 Å². The van der Waals surface area contributed by atoms with Crippen molar-refractivity contribution < 1.29 is 73.6 Å².